The van der Waals surface area contributed by atoms with E-state index in [1.807, 2.05) is 23.9 Å². The van der Waals surface area contributed by atoms with E-state index in [4.69, 9.17) is 22.5 Å². The Balaban J connectivity index is 1.94. The first-order valence-electron chi connectivity index (χ1n) is 7.16. The zero-order valence-electron chi connectivity index (χ0n) is 12.2. The van der Waals surface area contributed by atoms with Crippen molar-refractivity contribution in [2.45, 2.75) is 43.5 Å². The molecule has 4 N–H and O–H groups in total. The molecule has 0 spiro atoms. The van der Waals surface area contributed by atoms with Crippen LogP contribution >= 0.6 is 23.4 Å². The average Bonchev–Trinajstić information content (AvgIpc) is 2.53. The van der Waals surface area contributed by atoms with Crippen LogP contribution in [0.1, 0.15) is 36.8 Å². The van der Waals surface area contributed by atoms with Crippen LogP contribution in [0.3, 0.4) is 0 Å². The maximum absolute atomic E-state index is 8.68. The van der Waals surface area contributed by atoms with E-state index in [-0.39, 0.29) is 5.84 Å². The maximum Gasteiger partial charge on any atom is 0.170 e. The normalized spacial score (nSPS) is 23.2. The topological polar surface area (TPSA) is 70.6 Å². The van der Waals surface area contributed by atoms with Gasteiger partial charge in [0.1, 0.15) is 0 Å². The summed E-state index contributed by atoms with van der Waals surface area (Å²) in [4.78, 5) is 0. The average molecular weight is 328 g/mol. The molecule has 0 aliphatic heterocycles. The standard InChI is InChI=1S/C15H22ClN3OS/c1-21-13-4-2-3-12(8-13)18-9-11-6-5-10(7-14(11)16)15(17)19-20/h5-7,12-13,18,20H,2-4,8-9H2,1H3,(H2,17,19). The minimum absolute atomic E-state index is 0.0755. The lowest BCUT2D eigenvalue weighted by Crippen LogP contribution is -2.34. The van der Waals surface area contributed by atoms with Gasteiger partial charge < -0.3 is 16.3 Å². The second-order valence-electron chi connectivity index (χ2n) is 5.39. The molecule has 1 aliphatic rings. The van der Waals surface area contributed by atoms with E-state index in [9.17, 15) is 0 Å². The zero-order valence-corrected chi connectivity index (χ0v) is 13.8. The number of halogens is 1. The number of rotatable bonds is 5. The molecule has 1 saturated carbocycles. The van der Waals surface area contributed by atoms with Crippen molar-refractivity contribution < 1.29 is 5.21 Å². The number of hydrogen-bond acceptors (Lipinski definition) is 4. The molecule has 1 aliphatic carbocycles. The summed E-state index contributed by atoms with van der Waals surface area (Å²) in [7, 11) is 0. The molecule has 0 bridgehead atoms. The van der Waals surface area contributed by atoms with Crippen molar-refractivity contribution in [3.8, 4) is 0 Å². The number of benzene rings is 1. The monoisotopic (exact) mass is 327 g/mol. The fourth-order valence-corrected chi connectivity index (χ4v) is 3.78. The predicted octanol–water partition coefficient (Wildman–Crippen LogP) is 3.20. The molecule has 116 valence electrons. The Labute approximate surface area is 135 Å². The van der Waals surface area contributed by atoms with Gasteiger partial charge in [-0.25, -0.2) is 0 Å². The Morgan fingerprint density at radius 3 is 3.00 bits per heavy atom. The smallest absolute Gasteiger partial charge is 0.170 e. The van der Waals surface area contributed by atoms with Gasteiger partial charge >= 0.3 is 0 Å². The molecule has 2 atom stereocenters. The van der Waals surface area contributed by atoms with Gasteiger partial charge in [-0.2, -0.15) is 11.8 Å². The first-order valence-corrected chi connectivity index (χ1v) is 8.83. The Kier molecular flexibility index (Phi) is 6.21. The minimum Gasteiger partial charge on any atom is -0.409 e. The molecule has 1 aromatic rings. The summed E-state index contributed by atoms with van der Waals surface area (Å²) < 4.78 is 0. The van der Waals surface area contributed by atoms with Crippen molar-refractivity contribution in [3.63, 3.8) is 0 Å². The van der Waals surface area contributed by atoms with E-state index in [0.29, 0.717) is 16.6 Å². The van der Waals surface area contributed by atoms with E-state index in [1.54, 1.807) is 6.07 Å². The summed E-state index contributed by atoms with van der Waals surface area (Å²) in [5.41, 5.74) is 7.23. The van der Waals surface area contributed by atoms with Crippen molar-refractivity contribution in [1.29, 1.82) is 0 Å². The van der Waals surface area contributed by atoms with Crippen LogP contribution in [-0.2, 0) is 6.54 Å². The Morgan fingerprint density at radius 2 is 2.33 bits per heavy atom. The molecule has 6 heteroatoms. The molecule has 2 rings (SSSR count). The predicted molar refractivity (Wildman–Crippen MR) is 90.4 cm³/mol. The van der Waals surface area contributed by atoms with Crippen molar-refractivity contribution in [1.82, 2.24) is 5.32 Å². The third kappa shape index (κ3) is 4.53. The Morgan fingerprint density at radius 1 is 1.52 bits per heavy atom. The quantitative estimate of drug-likeness (QED) is 0.336. The number of thioether (sulfide) groups is 1. The summed E-state index contributed by atoms with van der Waals surface area (Å²) in [5, 5.41) is 16.7. The summed E-state index contributed by atoms with van der Waals surface area (Å²) in [6.45, 7) is 0.751. The van der Waals surface area contributed by atoms with Crippen LogP contribution in [-0.4, -0.2) is 28.6 Å². The molecule has 0 saturated heterocycles. The van der Waals surface area contributed by atoms with Gasteiger partial charge in [0.15, 0.2) is 5.84 Å². The van der Waals surface area contributed by atoms with E-state index in [1.165, 1.54) is 25.7 Å². The SMILES string of the molecule is CSC1CCCC(NCc2ccc(/C(N)=N/O)cc2Cl)C1. The highest BCUT2D eigenvalue weighted by molar-refractivity contribution is 7.99. The van der Waals surface area contributed by atoms with Crippen LogP contribution in [0.15, 0.2) is 23.4 Å². The highest BCUT2D eigenvalue weighted by Crippen LogP contribution is 2.27. The van der Waals surface area contributed by atoms with Crippen molar-refractivity contribution >= 4 is 29.2 Å². The molecule has 21 heavy (non-hydrogen) atoms. The molecule has 0 radical (unpaired) electrons. The van der Waals surface area contributed by atoms with E-state index < -0.39 is 0 Å². The van der Waals surface area contributed by atoms with Gasteiger partial charge in [-0.15, -0.1) is 0 Å². The Bertz CT molecular complexity index is 510. The molecule has 1 aromatic carbocycles. The number of nitrogens with zero attached hydrogens (tertiary/aromatic N) is 1. The molecule has 2 unspecified atom stereocenters. The van der Waals surface area contributed by atoms with Gasteiger partial charge in [0, 0.05) is 28.4 Å². The van der Waals surface area contributed by atoms with Crippen molar-refractivity contribution in [3.05, 3.63) is 34.3 Å². The highest BCUT2D eigenvalue weighted by Gasteiger charge is 2.20. The van der Waals surface area contributed by atoms with Crippen molar-refractivity contribution in [2.75, 3.05) is 6.26 Å². The van der Waals surface area contributed by atoms with Gasteiger partial charge in [-0.1, -0.05) is 35.3 Å². The van der Waals surface area contributed by atoms with Crippen LogP contribution in [0.4, 0.5) is 0 Å². The zero-order chi connectivity index (χ0) is 15.2. The molecule has 1 fully saturated rings. The first kappa shape index (κ1) is 16.5. The van der Waals surface area contributed by atoms with Gasteiger partial charge in [0.2, 0.25) is 0 Å². The van der Waals surface area contributed by atoms with Gasteiger partial charge in [0.05, 0.1) is 0 Å². The summed E-state index contributed by atoms with van der Waals surface area (Å²) in [6, 6.07) is 6.05. The first-order chi connectivity index (χ1) is 10.1. The van der Waals surface area contributed by atoms with Crippen LogP contribution in [0, 0.1) is 0 Å². The van der Waals surface area contributed by atoms with Crippen molar-refractivity contribution in [2.24, 2.45) is 10.9 Å². The molecule has 0 amide bonds. The molecule has 0 aromatic heterocycles. The Hall–Kier alpha value is -0.910. The number of oxime groups is 1. The number of hydrogen-bond donors (Lipinski definition) is 3. The summed E-state index contributed by atoms with van der Waals surface area (Å²) in [6.07, 6.45) is 7.27. The number of nitrogens with two attached hydrogens (primary N) is 1. The van der Waals surface area contributed by atoms with Gasteiger partial charge in [0.25, 0.3) is 0 Å². The van der Waals surface area contributed by atoms with Gasteiger partial charge in [-0.3, -0.25) is 0 Å². The number of amidine groups is 1. The third-order valence-corrected chi connectivity index (χ3v) is 5.44. The highest BCUT2D eigenvalue weighted by atomic mass is 35.5. The second kappa shape index (κ2) is 7.92. The molecular formula is C15H22ClN3OS. The third-order valence-electron chi connectivity index (χ3n) is 4.00. The molecule has 0 heterocycles. The maximum atomic E-state index is 8.68. The fourth-order valence-electron chi connectivity index (χ4n) is 2.71. The summed E-state index contributed by atoms with van der Waals surface area (Å²) in [5.74, 6) is 0.0755. The lowest BCUT2D eigenvalue weighted by atomic mass is 9.95. The van der Waals surface area contributed by atoms with E-state index in [0.717, 1.165) is 17.4 Å². The van der Waals surface area contributed by atoms with E-state index in [2.05, 4.69) is 16.7 Å². The fraction of sp³-hybridized carbons (Fsp3) is 0.533. The second-order valence-corrected chi connectivity index (χ2v) is 6.94. The lowest BCUT2D eigenvalue weighted by Gasteiger charge is -2.29. The molecule has 4 nitrogen and oxygen atoms in total. The number of nitrogens with one attached hydrogen (secondary N) is 1. The van der Waals surface area contributed by atoms with Crippen LogP contribution in [0.25, 0.3) is 0 Å². The lowest BCUT2D eigenvalue weighted by molar-refractivity contribution is 0.318. The van der Waals surface area contributed by atoms with Crippen LogP contribution < -0.4 is 11.1 Å². The van der Waals surface area contributed by atoms with E-state index >= 15 is 0 Å². The van der Waals surface area contributed by atoms with Crippen LogP contribution in [0.2, 0.25) is 5.02 Å². The molecular weight excluding hydrogens is 306 g/mol. The summed E-state index contributed by atoms with van der Waals surface area (Å²) >= 11 is 8.23. The largest absolute Gasteiger partial charge is 0.409 e. The minimum atomic E-state index is 0.0755. The van der Waals surface area contributed by atoms with Gasteiger partial charge in [-0.05, 0) is 37.1 Å². The van der Waals surface area contributed by atoms with Crippen LogP contribution in [0.5, 0.6) is 0 Å².